The molecule has 0 radical (unpaired) electrons. The lowest BCUT2D eigenvalue weighted by atomic mass is 10.0. The summed E-state index contributed by atoms with van der Waals surface area (Å²) in [7, 11) is 0. The summed E-state index contributed by atoms with van der Waals surface area (Å²) in [6.45, 7) is 5.71. The van der Waals surface area contributed by atoms with E-state index in [1.165, 1.54) is 0 Å². The summed E-state index contributed by atoms with van der Waals surface area (Å²) in [4.78, 5) is 11.6. The van der Waals surface area contributed by atoms with Crippen molar-refractivity contribution in [2.24, 2.45) is 11.7 Å². The number of nitrogens with one attached hydrogen (secondary N) is 1. The Morgan fingerprint density at radius 2 is 2.07 bits per heavy atom. The van der Waals surface area contributed by atoms with Crippen molar-refractivity contribution in [2.45, 2.75) is 45.7 Å². The predicted octanol–water partition coefficient (Wildman–Crippen LogP) is 0.247. The third-order valence-electron chi connectivity index (χ3n) is 2.52. The maximum atomic E-state index is 11.6. The van der Waals surface area contributed by atoms with Crippen LogP contribution in [0.25, 0.3) is 0 Å². The van der Waals surface area contributed by atoms with Crippen LogP contribution in [0.3, 0.4) is 0 Å². The van der Waals surface area contributed by atoms with E-state index in [1.807, 2.05) is 20.8 Å². The van der Waals surface area contributed by atoms with E-state index in [1.54, 1.807) is 0 Å². The molecule has 0 saturated carbocycles. The van der Waals surface area contributed by atoms with Gasteiger partial charge in [-0.3, -0.25) is 4.79 Å². The molecule has 3 unspecified atom stereocenters. The number of rotatable bonds is 6. The number of amides is 1. The van der Waals surface area contributed by atoms with E-state index >= 15 is 0 Å². The van der Waals surface area contributed by atoms with Gasteiger partial charge < -0.3 is 16.2 Å². The Bertz CT molecular complexity index is 172. The Morgan fingerprint density at radius 3 is 2.43 bits per heavy atom. The molecule has 84 valence electrons. The monoisotopic (exact) mass is 202 g/mol. The lowest BCUT2D eigenvalue weighted by molar-refractivity contribution is -0.125. The molecule has 0 saturated heterocycles. The minimum atomic E-state index is -0.178. The van der Waals surface area contributed by atoms with E-state index in [-0.39, 0.29) is 30.5 Å². The molecule has 0 aliphatic rings. The van der Waals surface area contributed by atoms with Gasteiger partial charge in [-0.15, -0.1) is 0 Å². The van der Waals surface area contributed by atoms with Crippen LogP contribution in [0.1, 0.15) is 33.6 Å². The fraction of sp³-hybridized carbons (Fsp3) is 0.900. The molecule has 4 nitrogen and oxygen atoms in total. The van der Waals surface area contributed by atoms with E-state index in [4.69, 9.17) is 10.8 Å². The molecule has 0 fully saturated rings. The number of carbonyl (C=O) groups is 1. The second-order valence-corrected chi connectivity index (χ2v) is 3.77. The summed E-state index contributed by atoms with van der Waals surface area (Å²) < 4.78 is 0. The highest BCUT2D eigenvalue weighted by Gasteiger charge is 2.19. The molecule has 0 aromatic rings. The van der Waals surface area contributed by atoms with Crippen LogP contribution >= 0.6 is 0 Å². The molecule has 3 atom stereocenters. The van der Waals surface area contributed by atoms with Crippen LogP contribution in [-0.4, -0.2) is 29.7 Å². The van der Waals surface area contributed by atoms with Gasteiger partial charge in [0.25, 0.3) is 0 Å². The molecule has 4 N–H and O–H groups in total. The van der Waals surface area contributed by atoms with E-state index in [0.29, 0.717) is 6.42 Å². The van der Waals surface area contributed by atoms with Crippen LogP contribution in [0.15, 0.2) is 0 Å². The molecule has 0 aliphatic carbocycles. The van der Waals surface area contributed by atoms with Crippen molar-refractivity contribution in [3.05, 3.63) is 0 Å². The maximum Gasteiger partial charge on any atom is 0.224 e. The van der Waals surface area contributed by atoms with Gasteiger partial charge in [-0.25, -0.2) is 0 Å². The second kappa shape index (κ2) is 6.79. The standard InChI is InChI=1S/C10H22N2O2/c1-4-9(5-6-13)12-10(14)7(2)8(3)11/h7-9,13H,4-6,11H2,1-3H3,(H,12,14). The number of hydrogen-bond acceptors (Lipinski definition) is 3. The SMILES string of the molecule is CCC(CCO)NC(=O)C(C)C(C)N. The quantitative estimate of drug-likeness (QED) is 0.578. The fourth-order valence-corrected chi connectivity index (χ4v) is 1.11. The number of hydrogen-bond donors (Lipinski definition) is 3. The number of aliphatic hydroxyl groups is 1. The van der Waals surface area contributed by atoms with Crippen LogP contribution in [-0.2, 0) is 4.79 Å². The lowest BCUT2D eigenvalue weighted by Gasteiger charge is -2.20. The third kappa shape index (κ3) is 4.58. The Morgan fingerprint density at radius 1 is 1.50 bits per heavy atom. The molecule has 4 heteroatoms. The predicted molar refractivity (Wildman–Crippen MR) is 56.7 cm³/mol. The van der Waals surface area contributed by atoms with Gasteiger partial charge in [0.2, 0.25) is 5.91 Å². The zero-order chi connectivity index (χ0) is 11.1. The lowest BCUT2D eigenvalue weighted by Crippen LogP contribution is -2.43. The third-order valence-corrected chi connectivity index (χ3v) is 2.52. The first kappa shape index (κ1) is 13.4. The Balaban J connectivity index is 4.01. The van der Waals surface area contributed by atoms with Crippen molar-refractivity contribution in [2.75, 3.05) is 6.61 Å². The van der Waals surface area contributed by atoms with Gasteiger partial charge in [-0.2, -0.15) is 0 Å². The van der Waals surface area contributed by atoms with Gasteiger partial charge >= 0.3 is 0 Å². The second-order valence-electron chi connectivity index (χ2n) is 3.77. The van der Waals surface area contributed by atoms with E-state index in [9.17, 15) is 4.79 Å². The molecule has 14 heavy (non-hydrogen) atoms. The van der Waals surface area contributed by atoms with Gasteiger partial charge in [0.15, 0.2) is 0 Å². The Labute approximate surface area is 85.9 Å². The van der Waals surface area contributed by atoms with Crippen molar-refractivity contribution >= 4 is 5.91 Å². The fourth-order valence-electron chi connectivity index (χ4n) is 1.11. The number of aliphatic hydroxyl groups excluding tert-OH is 1. The highest BCUT2D eigenvalue weighted by Crippen LogP contribution is 2.03. The van der Waals surface area contributed by atoms with Crippen LogP contribution < -0.4 is 11.1 Å². The first-order valence-electron chi connectivity index (χ1n) is 5.19. The van der Waals surface area contributed by atoms with Crippen molar-refractivity contribution < 1.29 is 9.90 Å². The van der Waals surface area contributed by atoms with Gasteiger partial charge in [0.05, 0.1) is 0 Å². The van der Waals surface area contributed by atoms with Crippen LogP contribution in [0.2, 0.25) is 0 Å². The van der Waals surface area contributed by atoms with Gasteiger partial charge in [-0.1, -0.05) is 13.8 Å². The minimum Gasteiger partial charge on any atom is -0.396 e. The van der Waals surface area contributed by atoms with Crippen molar-refractivity contribution in [1.29, 1.82) is 0 Å². The molecule has 0 heterocycles. The average Bonchev–Trinajstić information content (AvgIpc) is 2.15. The molecular weight excluding hydrogens is 180 g/mol. The minimum absolute atomic E-state index is 0.0275. The summed E-state index contributed by atoms with van der Waals surface area (Å²) >= 11 is 0. The number of nitrogens with two attached hydrogens (primary N) is 1. The molecule has 0 spiro atoms. The topological polar surface area (TPSA) is 75.3 Å². The molecule has 0 aliphatic heterocycles. The summed E-state index contributed by atoms with van der Waals surface area (Å²) in [6.07, 6.45) is 1.44. The van der Waals surface area contributed by atoms with Crippen molar-refractivity contribution in [3.8, 4) is 0 Å². The van der Waals surface area contributed by atoms with Gasteiger partial charge in [-0.05, 0) is 19.8 Å². The van der Waals surface area contributed by atoms with Crippen LogP contribution in [0, 0.1) is 5.92 Å². The van der Waals surface area contributed by atoms with E-state index in [2.05, 4.69) is 5.32 Å². The Hall–Kier alpha value is -0.610. The molecule has 1 amide bonds. The van der Waals surface area contributed by atoms with Crippen molar-refractivity contribution in [3.63, 3.8) is 0 Å². The largest absolute Gasteiger partial charge is 0.396 e. The zero-order valence-electron chi connectivity index (χ0n) is 9.29. The van der Waals surface area contributed by atoms with Crippen LogP contribution in [0.5, 0.6) is 0 Å². The molecule has 0 aromatic heterocycles. The summed E-state index contributed by atoms with van der Waals surface area (Å²) in [6, 6.07) is -0.0738. The smallest absolute Gasteiger partial charge is 0.224 e. The summed E-state index contributed by atoms with van der Waals surface area (Å²) in [5.74, 6) is -0.206. The summed E-state index contributed by atoms with van der Waals surface area (Å²) in [5, 5.41) is 11.6. The normalized spacial score (nSPS) is 17.2. The van der Waals surface area contributed by atoms with E-state index < -0.39 is 0 Å². The first-order chi connectivity index (χ1) is 6.52. The average molecular weight is 202 g/mol. The molecule has 0 bridgehead atoms. The van der Waals surface area contributed by atoms with Crippen LogP contribution in [0.4, 0.5) is 0 Å². The first-order valence-corrected chi connectivity index (χ1v) is 5.19. The van der Waals surface area contributed by atoms with Gasteiger partial charge in [0, 0.05) is 24.6 Å². The number of carbonyl (C=O) groups excluding carboxylic acids is 1. The van der Waals surface area contributed by atoms with Crippen molar-refractivity contribution in [1.82, 2.24) is 5.32 Å². The molecule has 0 rings (SSSR count). The zero-order valence-corrected chi connectivity index (χ0v) is 9.29. The van der Waals surface area contributed by atoms with E-state index in [0.717, 1.165) is 6.42 Å². The Kier molecular flexibility index (Phi) is 6.49. The molecular formula is C10H22N2O2. The maximum absolute atomic E-state index is 11.6. The molecule has 0 aromatic carbocycles. The summed E-state index contributed by atoms with van der Waals surface area (Å²) in [5.41, 5.74) is 5.62. The van der Waals surface area contributed by atoms with Gasteiger partial charge in [0.1, 0.15) is 0 Å². The highest BCUT2D eigenvalue weighted by molar-refractivity contribution is 5.79. The highest BCUT2D eigenvalue weighted by atomic mass is 16.3.